The first-order valence-electron chi connectivity index (χ1n) is 9.44. The van der Waals surface area contributed by atoms with Gasteiger partial charge in [0.05, 0.1) is 17.6 Å². The van der Waals surface area contributed by atoms with Crippen LogP contribution in [0.15, 0.2) is 69.0 Å². The van der Waals surface area contributed by atoms with Gasteiger partial charge in [0.1, 0.15) is 16.9 Å². The average molecular weight is 481 g/mol. The fourth-order valence-electron chi connectivity index (χ4n) is 3.25. The van der Waals surface area contributed by atoms with Gasteiger partial charge in [-0.3, -0.25) is 14.0 Å². The number of carbonyl (C=O) groups excluding carboxylic acids is 2. The zero-order chi connectivity index (χ0) is 22.1. The predicted octanol–water partition coefficient (Wildman–Crippen LogP) is 2.87. The molecule has 3 heterocycles. The Kier molecular flexibility index (Phi) is 5.51. The Labute approximate surface area is 184 Å². The molecule has 31 heavy (non-hydrogen) atoms. The quantitative estimate of drug-likeness (QED) is 0.331. The number of aryl methyl sites for hydroxylation is 1. The van der Waals surface area contributed by atoms with Crippen LogP contribution in [-0.2, 0) is 11.8 Å². The average Bonchev–Trinajstić information content (AvgIpc) is 2.76. The van der Waals surface area contributed by atoms with Crippen molar-refractivity contribution in [3.8, 4) is 0 Å². The topological polar surface area (TPSA) is 95.0 Å². The summed E-state index contributed by atoms with van der Waals surface area (Å²) < 4.78 is 8.58. The van der Waals surface area contributed by atoms with Crippen molar-refractivity contribution in [2.24, 2.45) is 12.0 Å². The van der Waals surface area contributed by atoms with Crippen LogP contribution in [0.3, 0.4) is 0 Å². The van der Waals surface area contributed by atoms with E-state index < -0.39 is 11.9 Å². The van der Waals surface area contributed by atoms with Crippen LogP contribution in [-0.4, -0.2) is 32.4 Å². The lowest BCUT2D eigenvalue weighted by Crippen LogP contribution is -2.31. The number of carbonyl (C=O) groups is 2. The number of fused-ring (bicyclic) bond motifs is 2. The van der Waals surface area contributed by atoms with Crippen LogP contribution >= 0.6 is 15.9 Å². The minimum Gasteiger partial charge on any atom is -0.462 e. The van der Waals surface area contributed by atoms with E-state index in [-0.39, 0.29) is 28.6 Å². The van der Waals surface area contributed by atoms with E-state index in [0.717, 1.165) is 0 Å². The second-order valence-electron chi connectivity index (χ2n) is 6.64. The van der Waals surface area contributed by atoms with Crippen LogP contribution in [0.4, 0.5) is 0 Å². The van der Waals surface area contributed by atoms with Crippen molar-refractivity contribution in [2.75, 3.05) is 6.61 Å². The first-order chi connectivity index (χ1) is 14.9. The molecule has 9 heteroatoms. The lowest BCUT2D eigenvalue weighted by Gasteiger charge is -2.11. The molecule has 0 aliphatic rings. The van der Waals surface area contributed by atoms with Crippen molar-refractivity contribution >= 4 is 44.5 Å². The molecule has 1 aromatic carbocycles. The van der Waals surface area contributed by atoms with Crippen LogP contribution in [0.5, 0.6) is 0 Å². The number of nitrogens with zero attached hydrogens (tertiary/aromatic N) is 4. The summed E-state index contributed by atoms with van der Waals surface area (Å²) >= 11 is 3.34. The molecule has 0 saturated heterocycles. The lowest BCUT2D eigenvalue weighted by molar-refractivity contribution is 0.0523. The van der Waals surface area contributed by atoms with E-state index in [1.807, 2.05) is 0 Å². The number of aromatic nitrogens is 3. The minimum absolute atomic E-state index is 0.00651. The number of halogens is 1. The molecule has 156 valence electrons. The fraction of sp³-hybridized carbons (Fsp3) is 0.136. The molecule has 4 aromatic rings. The van der Waals surface area contributed by atoms with Gasteiger partial charge in [-0.2, -0.15) is 4.99 Å². The van der Waals surface area contributed by atoms with E-state index in [0.29, 0.717) is 21.3 Å². The Morgan fingerprint density at radius 1 is 1.13 bits per heavy atom. The van der Waals surface area contributed by atoms with Crippen molar-refractivity contribution in [3.05, 3.63) is 86.2 Å². The molecule has 0 bridgehead atoms. The molecule has 1 amide bonds. The summed E-state index contributed by atoms with van der Waals surface area (Å²) in [5, 5.41) is 0.210. The van der Waals surface area contributed by atoms with Gasteiger partial charge in [0, 0.05) is 17.7 Å². The highest BCUT2D eigenvalue weighted by molar-refractivity contribution is 9.10. The maximum Gasteiger partial charge on any atom is 0.341 e. The van der Waals surface area contributed by atoms with Gasteiger partial charge in [-0.05, 0) is 53.2 Å². The number of amides is 1. The van der Waals surface area contributed by atoms with Crippen LogP contribution in [0.2, 0.25) is 0 Å². The van der Waals surface area contributed by atoms with Crippen LogP contribution in [0.25, 0.3) is 16.7 Å². The summed E-state index contributed by atoms with van der Waals surface area (Å²) in [6, 6.07) is 13.4. The third-order valence-electron chi connectivity index (χ3n) is 4.72. The summed E-state index contributed by atoms with van der Waals surface area (Å²) in [6.07, 6.45) is 1.60. The number of benzene rings is 1. The molecule has 0 fully saturated rings. The van der Waals surface area contributed by atoms with Gasteiger partial charge in [0.2, 0.25) is 0 Å². The molecule has 8 nitrogen and oxygen atoms in total. The number of esters is 1. The normalized spacial score (nSPS) is 11.8. The van der Waals surface area contributed by atoms with Crippen molar-refractivity contribution in [3.63, 3.8) is 0 Å². The molecule has 0 radical (unpaired) electrons. The number of hydrogen-bond donors (Lipinski definition) is 0. The Hall–Kier alpha value is -3.59. The summed E-state index contributed by atoms with van der Waals surface area (Å²) in [7, 11) is 1.60. The summed E-state index contributed by atoms with van der Waals surface area (Å²) in [6.45, 7) is 1.80. The maximum absolute atomic E-state index is 13.0. The van der Waals surface area contributed by atoms with Crippen molar-refractivity contribution < 1.29 is 14.3 Å². The van der Waals surface area contributed by atoms with Crippen LogP contribution in [0, 0.1) is 0 Å². The highest BCUT2D eigenvalue weighted by Crippen LogP contribution is 2.17. The molecule has 0 aliphatic heterocycles. The molecule has 0 spiro atoms. The fourth-order valence-corrected chi connectivity index (χ4v) is 3.70. The number of pyridine rings is 2. The van der Waals surface area contributed by atoms with Crippen molar-refractivity contribution in [1.82, 2.24) is 14.0 Å². The Balaban J connectivity index is 2.08. The van der Waals surface area contributed by atoms with Gasteiger partial charge in [-0.1, -0.05) is 18.2 Å². The maximum atomic E-state index is 13.0. The first kappa shape index (κ1) is 20.7. The Bertz CT molecular complexity index is 1490. The Morgan fingerprint density at radius 3 is 2.61 bits per heavy atom. The predicted molar refractivity (Wildman–Crippen MR) is 118 cm³/mol. The summed E-state index contributed by atoms with van der Waals surface area (Å²) in [5.74, 6) is -1.23. The highest BCUT2D eigenvalue weighted by atomic mass is 79.9. The van der Waals surface area contributed by atoms with Crippen LogP contribution < -0.4 is 11.0 Å². The molecular formula is C22H17BrN4O4. The van der Waals surface area contributed by atoms with Crippen molar-refractivity contribution in [2.45, 2.75) is 6.92 Å². The van der Waals surface area contributed by atoms with Gasteiger partial charge in [-0.25, -0.2) is 9.78 Å². The summed E-state index contributed by atoms with van der Waals surface area (Å²) in [4.78, 5) is 47.3. The van der Waals surface area contributed by atoms with E-state index in [2.05, 4.69) is 25.9 Å². The van der Waals surface area contributed by atoms with E-state index in [1.54, 1.807) is 62.6 Å². The third-order valence-corrected chi connectivity index (χ3v) is 5.41. The van der Waals surface area contributed by atoms with Gasteiger partial charge in [0.15, 0.2) is 5.49 Å². The van der Waals surface area contributed by atoms with Gasteiger partial charge >= 0.3 is 5.97 Å². The van der Waals surface area contributed by atoms with Gasteiger partial charge < -0.3 is 9.30 Å². The molecular weight excluding hydrogens is 464 g/mol. The molecule has 3 aromatic heterocycles. The zero-order valence-corrected chi connectivity index (χ0v) is 18.3. The molecule has 0 N–H and O–H groups in total. The minimum atomic E-state index is -0.684. The Morgan fingerprint density at radius 2 is 1.87 bits per heavy atom. The third kappa shape index (κ3) is 3.68. The van der Waals surface area contributed by atoms with E-state index in [1.165, 1.54) is 15.0 Å². The van der Waals surface area contributed by atoms with Crippen LogP contribution in [0.1, 0.15) is 27.6 Å². The van der Waals surface area contributed by atoms with Crippen molar-refractivity contribution in [1.29, 1.82) is 0 Å². The molecule has 0 aliphatic carbocycles. The second-order valence-corrected chi connectivity index (χ2v) is 7.50. The van der Waals surface area contributed by atoms with E-state index >= 15 is 0 Å². The molecule has 0 unspecified atom stereocenters. The standard InChI is InChI=1S/C22H17BrN4O4/c1-3-31-22(30)15-12-14-18(24-17-10-6-7-11-27(17)21(14)29)26(2)19(15)25-20(28)13-8-4-5-9-16(13)23/h4-12H,3H2,1-2H3. The second kappa shape index (κ2) is 8.27. The summed E-state index contributed by atoms with van der Waals surface area (Å²) in [5.41, 5.74) is 0.783. The molecule has 0 atom stereocenters. The first-order valence-corrected chi connectivity index (χ1v) is 10.2. The van der Waals surface area contributed by atoms with E-state index in [4.69, 9.17) is 4.74 Å². The zero-order valence-electron chi connectivity index (χ0n) is 16.7. The number of hydrogen-bond acceptors (Lipinski definition) is 5. The monoisotopic (exact) mass is 480 g/mol. The SMILES string of the molecule is CCOC(=O)c1cc2c(=O)n3ccccc3nc2n(C)c1=NC(=O)c1ccccc1Br. The van der Waals surface area contributed by atoms with Gasteiger partial charge in [-0.15, -0.1) is 0 Å². The molecule has 0 saturated carbocycles. The van der Waals surface area contributed by atoms with E-state index in [9.17, 15) is 14.4 Å². The number of rotatable bonds is 3. The lowest BCUT2D eigenvalue weighted by atomic mass is 10.2. The smallest absolute Gasteiger partial charge is 0.341 e. The van der Waals surface area contributed by atoms with Gasteiger partial charge in [0.25, 0.3) is 11.5 Å². The molecule has 4 rings (SSSR count). The highest BCUT2D eigenvalue weighted by Gasteiger charge is 2.19. The number of ether oxygens (including phenoxy) is 1. The largest absolute Gasteiger partial charge is 0.462 e.